The van der Waals surface area contributed by atoms with Gasteiger partial charge in [-0.25, -0.2) is 8.42 Å². The largest absolute Gasteiger partial charge is 0.398 e. The minimum Gasteiger partial charge on any atom is -0.398 e. The third-order valence-electron chi connectivity index (χ3n) is 2.37. The lowest BCUT2D eigenvalue weighted by molar-refractivity contribution is 0.595. The second kappa shape index (κ2) is 4.96. The molecule has 0 aliphatic carbocycles. The molecule has 0 amide bonds. The third kappa shape index (κ3) is 2.63. The average molecular weight is 283 g/mol. The summed E-state index contributed by atoms with van der Waals surface area (Å²) in [5.74, 6) is -0.220. The molecule has 18 heavy (non-hydrogen) atoms. The summed E-state index contributed by atoms with van der Waals surface area (Å²) in [7, 11) is -3.59. The minimum absolute atomic E-state index is 0.0303. The van der Waals surface area contributed by atoms with Crippen LogP contribution in [0.4, 0.5) is 5.69 Å². The molecular formula is C12H11ClN2O2S. The molecule has 2 rings (SSSR count). The summed E-state index contributed by atoms with van der Waals surface area (Å²) in [5.41, 5.74) is 6.28. The molecule has 94 valence electrons. The SMILES string of the molecule is Nc1cccc(Cl)c1S(=O)(=O)Cc1ccccn1. The third-order valence-corrected chi connectivity index (χ3v) is 4.55. The zero-order valence-corrected chi connectivity index (χ0v) is 10.9. The van der Waals surface area contributed by atoms with Gasteiger partial charge in [0.05, 0.1) is 22.2 Å². The fourth-order valence-corrected chi connectivity index (χ4v) is 3.64. The first-order chi connectivity index (χ1) is 8.50. The second-order valence-electron chi connectivity index (χ2n) is 3.74. The molecule has 0 radical (unpaired) electrons. The summed E-state index contributed by atoms with van der Waals surface area (Å²) in [6, 6.07) is 9.72. The van der Waals surface area contributed by atoms with Crippen LogP contribution in [0.25, 0.3) is 0 Å². The van der Waals surface area contributed by atoms with Gasteiger partial charge in [0.25, 0.3) is 0 Å². The number of nitrogen functional groups attached to an aromatic ring is 1. The number of nitrogens with two attached hydrogens (primary N) is 1. The van der Waals surface area contributed by atoms with Crippen LogP contribution in [0.5, 0.6) is 0 Å². The summed E-state index contributed by atoms with van der Waals surface area (Å²) in [4.78, 5) is 3.96. The molecule has 1 heterocycles. The molecule has 0 aliphatic heterocycles. The predicted octanol–water partition coefficient (Wildman–Crippen LogP) is 2.29. The Morgan fingerprint density at radius 1 is 1.17 bits per heavy atom. The molecule has 0 spiro atoms. The zero-order chi connectivity index (χ0) is 13.2. The lowest BCUT2D eigenvalue weighted by atomic mass is 10.3. The molecule has 0 atom stereocenters. The molecule has 2 N–H and O–H groups in total. The summed E-state index contributed by atoms with van der Waals surface area (Å²) < 4.78 is 24.5. The normalized spacial score (nSPS) is 11.4. The number of hydrogen-bond donors (Lipinski definition) is 1. The quantitative estimate of drug-likeness (QED) is 0.877. The number of nitrogens with zero attached hydrogens (tertiary/aromatic N) is 1. The Labute approximate surface area is 110 Å². The van der Waals surface area contributed by atoms with Crippen molar-refractivity contribution < 1.29 is 8.42 Å². The standard InChI is InChI=1S/C12H11ClN2O2S/c13-10-5-3-6-11(14)12(10)18(16,17)8-9-4-1-2-7-15-9/h1-7H,8,14H2. The van der Waals surface area contributed by atoms with E-state index in [1.165, 1.54) is 12.1 Å². The molecular weight excluding hydrogens is 272 g/mol. The highest BCUT2D eigenvalue weighted by Crippen LogP contribution is 2.29. The highest BCUT2D eigenvalue weighted by molar-refractivity contribution is 7.91. The second-order valence-corrected chi connectivity index (χ2v) is 6.07. The summed E-state index contributed by atoms with van der Waals surface area (Å²) >= 11 is 5.90. The zero-order valence-electron chi connectivity index (χ0n) is 9.38. The van der Waals surface area contributed by atoms with Crippen LogP contribution >= 0.6 is 11.6 Å². The molecule has 6 heteroatoms. The fraction of sp³-hybridized carbons (Fsp3) is 0.0833. The van der Waals surface area contributed by atoms with Crippen LogP contribution in [0.3, 0.4) is 0 Å². The van der Waals surface area contributed by atoms with Gasteiger partial charge in [-0.05, 0) is 24.3 Å². The summed E-state index contributed by atoms with van der Waals surface area (Å²) in [5, 5.41) is 0.130. The number of benzene rings is 1. The van der Waals surface area contributed by atoms with Crippen molar-refractivity contribution in [2.75, 3.05) is 5.73 Å². The van der Waals surface area contributed by atoms with Crippen LogP contribution in [0.2, 0.25) is 5.02 Å². The molecule has 0 saturated heterocycles. The number of hydrogen-bond acceptors (Lipinski definition) is 4. The number of aromatic nitrogens is 1. The smallest absolute Gasteiger partial charge is 0.187 e. The monoisotopic (exact) mass is 282 g/mol. The van der Waals surface area contributed by atoms with E-state index in [0.29, 0.717) is 5.69 Å². The Bertz CT molecular complexity index is 637. The van der Waals surface area contributed by atoms with E-state index in [0.717, 1.165) is 0 Å². The van der Waals surface area contributed by atoms with Crippen LogP contribution in [-0.2, 0) is 15.6 Å². The van der Waals surface area contributed by atoms with Crippen molar-refractivity contribution in [1.82, 2.24) is 4.98 Å². The van der Waals surface area contributed by atoms with Crippen LogP contribution in [0.15, 0.2) is 47.5 Å². The van der Waals surface area contributed by atoms with Gasteiger partial charge in [-0.15, -0.1) is 0 Å². The molecule has 0 fully saturated rings. The molecule has 0 saturated carbocycles. The van der Waals surface area contributed by atoms with Gasteiger partial charge in [0.1, 0.15) is 4.90 Å². The summed E-state index contributed by atoms with van der Waals surface area (Å²) in [6.07, 6.45) is 1.54. The van der Waals surface area contributed by atoms with Crippen molar-refractivity contribution in [3.05, 3.63) is 53.3 Å². The molecule has 1 aromatic carbocycles. The van der Waals surface area contributed by atoms with Crippen molar-refractivity contribution >= 4 is 27.1 Å². The predicted molar refractivity (Wildman–Crippen MR) is 71.0 cm³/mol. The van der Waals surface area contributed by atoms with E-state index >= 15 is 0 Å². The maximum absolute atomic E-state index is 12.2. The Morgan fingerprint density at radius 2 is 1.94 bits per heavy atom. The highest BCUT2D eigenvalue weighted by Gasteiger charge is 2.22. The first-order valence-corrected chi connectivity index (χ1v) is 7.20. The molecule has 2 aromatic rings. The first kappa shape index (κ1) is 12.9. The minimum atomic E-state index is -3.59. The highest BCUT2D eigenvalue weighted by atomic mass is 35.5. The number of halogens is 1. The van der Waals surface area contributed by atoms with E-state index in [4.69, 9.17) is 17.3 Å². The van der Waals surface area contributed by atoms with Crippen molar-refractivity contribution in [2.45, 2.75) is 10.6 Å². The van der Waals surface area contributed by atoms with Crippen molar-refractivity contribution in [3.8, 4) is 0 Å². The molecule has 1 aromatic heterocycles. The number of sulfone groups is 1. The number of pyridine rings is 1. The van der Waals surface area contributed by atoms with Gasteiger partial charge in [-0.3, -0.25) is 4.98 Å². The van der Waals surface area contributed by atoms with Gasteiger partial charge >= 0.3 is 0 Å². The fourth-order valence-electron chi connectivity index (χ4n) is 1.60. The average Bonchev–Trinajstić information content (AvgIpc) is 2.28. The maximum Gasteiger partial charge on any atom is 0.187 e. The Kier molecular flexibility index (Phi) is 3.54. The Morgan fingerprint density at radius 3 is 2.56 bits per heavy atom. The van der Waals surface area contributed by atoms with E-state index in [2.05, 4.69) is 4.98 Å². The van der Waals surface area contributed by atoms with E-state index in [1.807, 2.05) is 0 Å². The van der Waals surface area contributed by atoms with Gasteiger partial charge in [-0.2, -0.15) is 0 Å². The van der Waals surface area contributed by atoms with Gasteiger partial charge < -0.3 is 5.73 Å². The van der Waals surface area contributed by atoms with Crippen LogP contribution < -0.4 is 5.73 Å². The Hall–Kier alpha value is -1.59. The summed E-state index contributed by atoms with van der Waals surface area (Å²) in [6.45, 7) is 0. The number of rotatable bonds is 3. The van der Waals surface area contributed by atoms with Gasteiger partial charge in [0.15, 0.2) is 9.84 Å². The lowest BCUT2D eigenvalue weighted by Crippen LogP contribution is -2.09. The van der Waals surface area contributed by atoms with Gasteiger partial charge in [0.2, 0.25) is 0 Å². The van der Waals surface area contributed by atoms with Gasteiger partial charge in [-0.1, -0.05) is 23.7 Å². The van der Waals surface area contributed by atoms with Crippen molar-refractivity contribution in [2.24, 2.45) is 0 Å². The molecule has 0 unspecified atom stereocenters. The first-order valence-electron chi connectivity index (χ1n) is 5.17. The van der Waals surface area contributed by atoms with Crippen LogP contribution in [-0.4, -0.2) is 13.4 Å². The van der Waals surface area contributed by atoms with Crippen LogP contribution in [0.1, 0.15) is 5.69 Å². The van der Waals surface area contributed by atoms with E-state index in [-0.39, 0.29) is 21.4 Å². The van der Waals surface area contributed by atoms with Crippen LogP contribution in [0, 0.1) is 0 Å². The van der Waals surface area contributed by atoms with Gasteiger partial charge in [0, 0.05) is 6.20 Å². The topological polar surface area (TPSA) is 73.1 Å². The van der Waals surface area contributed by atoms with E-state index in [1.54, 1.807) is 30.5 Å². The molecule has 4 nitrogen and oxygen atoms in total. The van der Waals surface area contributed by atoms with E-state index < -0.39 is 9.84 Å². The Balaban J connectivity index is 2.44. The lowest BCUT2D eigenvalue weighted by Gasteiger charge is -2.08. The molecule has 0 aliphatic rings. The number of anilines is 1. The van der Waals surface area contributed by atoms with Crippen molar-refractivity contribution in [1.29, 1.82) is 0 Å². The maximum atomic E-state index is 12.2. The van der Waals surface area contributed by atoms with Crippen molar-refractivity contribution in [3.63, 3.8) is 0 Å². The molecule has 0 bridgehead atoms. The van der Waals surface area contributed by atoms with E-state index in [9.17, 15) is 8.42 Å².